The van der Waals surface area contributed by atoms with E-state index in [1.54, 1.807) is 30.2 Å². The summed E-state index contributed by atoms with van der Waals surface area (Å²) in [5, 5.41) is 10.4. The zero-order valence-corrected chi connectivity index (χ0v) is 18.1. The molecule has 0 unspecified atom stereocenters. The number of likely N-dealkylation sites (tertiary alicyclic amines) is 1. The van der Waals surface area contributed by atoms with Gasteiger partial charge in [-0.1, -0.05) is 24.3 Å². The maximum atomic E-state index is 12.8. The Morgan fingerprint density at radius 1 is 1.09 bits per heavy atom. The van der Waals surface area contributed by atoms with Gasteiger partial charge in [0.05, 0.1) is 11.3 Å². The van der Waals surface area contributed by atoms with E-state index in [1.807, 2.05) is 37.3 Å². The first-order valence-corrected chi connectivity index (χ1v) is 10.7. The molecule has 2 N–H and O–H groups in total. The van der Waals surface area contributed by atoms with Crippen LogP contribution in [-0.4, -0.2) is 46.1 Å². The van der Waals surface area contributed by atoms with Crippen molar-refractivity contribution in [2.75, 3.05) is 13.1 Å². The molecule has 1 atom stereocenters. The lowest BCUT2D eigenvalue weighted by molar-refractivity contribution is -0.147. The van der Waals surface area contributed by atoms with Crippen LogP contribution in [0.25, 0.3) is 21.9 Å². The van der Waals surface area contributed by atoms with Crippen LogP contribution in [0.1, 0.15) is 25.3 Å². The average molecular weight is 434 g/mol. The number of ether oxygens (including phenoxy) is 1. The molecule has 0 radical (unpaired) electrons. The van der Waals surface area contributed by atoms with E-state index >= 15 is 0 Å². The van der Waals surface area contributed by atoms with E-state index in [2.05, 4.69) is 4.98 Å². The Morgan fingerprint density at radius 3 is 2.50 bits per heavy atom. The lowest BCUT2D eigenvalue weighted by Crippen LogP contribution is -2.45. The molecule has 1 aliphatic heterocycles. The number of H-pyrrole nitrogens is 1. The molecule has 3 aromatic rings. The normalized spacial score (nSPS) is 15.5. The van der Waals surface area contributed by atoms with Crippen molar-refractivity contribution < 1.29 is 19.4 Å². The highest BCUT2D eigenvalue weighted by Gasteiger charge is 2.29. The van der Waals surface area contributed by atoms with E-state index in [-0.39, 0.29) is 11.5 Å². The minimum absolute atomic E-state index is 0.184. The Balaban J connectivity index is 1.55. The third-order valence-electron chi connectivity index (χ3n) is 6.13. The largest absolute Gasteiger partial charge is 0.481 e. The number of piperidine rings is 1. The molecular weight excluding hydrogens is 408 g/mol. The summed E-state index contributed by atoms with van der Waals surface area (Å²) >= 11 is 0. The summed E-state index contributed by atoms with van der Waals surface area (Å²) in [6.45, 7) is 4.50. The van der Waals surface area contributed by atoms with E-state index in [0.717, 1.165) is 22.1 Å². The molecule has 32 heavy (non-hydrogen) atoms. The van der Waals surface area contributed by atoms with Crippen molar-refractivity contribution in [1.82, 2.24) is 9.88 Å². The van der Waals surface area contributed by atoms with Crippen molar-refractivity contribution in [3.63, 3.8) is 0 Å². The Kier molecular flexibility index (Phi) is 5.99. The van der Waals surface area contributed by atoms with Gasteiger partial charge in [-0.25, -0.2) is 0 Å². The molecule has 7 heteroatoms. The van der Waals surface area contributed by atoms with Gasteiger partial charge in [-0.15, -0.1) is 0 Å². The molecule has 0 spiro atoms. The predicted octanol–water partition coefficient (Wildman–Crippen LogP) is 3.59. The maximum Gasteiger partial charge on any atom is 0.306 e. The van der Waals surface area contributed by atoms with Crippen LogP contribution in [0.3, 0.4) is 0 Å². The average Bonchev–Trinajstić information content (AvgIpc) is 2.80. The van der Waals surface area contributed by atoms with Crippen molar-refractivity contribution in [3.8, 4) is 16.9 Å². The number of aromatic amines is 1. The van der Waals surface area contributed by atoms with Crippen molar-refractivity contribution in [3.05, 3.63) is 64.6 Å². The number of amides is 1. The minimum atomic E-state index is -0.812. The number of aryl methyl sites for hydroxylation is 1. The second-order valence-corrected chi connectivity index (χ2v) is 8.25. The molecule has 7 nitrogen and oxygen atoms in total. The molecule has 1 aromatic heterocycles. The lowest BCUT2D eigenvalue weighted by Gasteiger charge is -2.32. The Labute approximate surface area is 185 Å². The molecule has 1 saturated heterocycles. The molecule has 1 fully saturated rings. The highest BCUT2D eigenvalue weighted by atomic mass is 16.5. The zero-order valence-electron chi connectivity index (χ0n) is 18.1. The maximum absolute atomic E-state index is 12.8. The predicted molar refractivity (Wildman–Crippen MR) is 122 cm³/mol. The number of nitrogens with one attached hydrogen (secondary N) is 1. The van der Waals surface area contributed by atoms with E-state index in [9.17, 15) is 14.4 Å². The minimum Gasteiger partial charge on any atom is -0.481 e. The van der Waals surface area contributed by atoms with Gasteiger partial charge in [0.1, 0.15) is 5.75 Å². The fourth-order valence-electron chi connectivity index (χ4n) is 4.27. The summed E-state index contributed by atoms with van der Waals surface area (Å²) in [5.74, 6) is -0.958. The summed E-state index contributed by atoms with van der Waals surface area (Å²) < 4.78 is 5.88. The van der Waals surface area contributed by atoms with E-state index in [4.69, 9.17) is 9.84 Å². The number of carboxylic acid groups (broad SMARTS) is 1. The number of aromatic nitrogens is 1. The number of hydrogen-bond acceptors (Lipinski definition) is 4. The summed E-state index contributed by atoms with van der Waals surface area (Å²) in [6, 6.07) is 13.2. The third-order valence-corrected chi connectivity index (χ3v) is 6.13. The molecule has 166 valence electrons. The number of carbonyl (C=O) groups is 2. The van der Waals surface area contributed by atoms with Crippen molar-refractivity contribution in [2.45, 2.75) is 32.8 Å². The molecule has 4 rings (SSSR count). The topological polar surface area (TPSA) is 99.7 Å². The van der Waals surface area contributed by atoms with Crippen LogP contribution in [0.15, 0.2) is 53.5 Å². The van der Waals surface area contributed by atoms with Gasteiger partial charge in [0.25, 0.3) is 11.5 Å². The molecule has 0 aliphatic carbocycles. The zero-order chi connectivity index (χ0) is 22.8. The van der Waals surface area contributed by atoms with Gasteiger partial charge < -0.3 is 19.7 Å². The van der Waals surface area contributed by atoms with Crippen LogP contribution in [0.2, 0.25) is 0 Å². The van der Waals surface area contributed by atoms with E-state index in [0.29, 0.717) is 37.1 Å². The molecule has 0 bridgehead atoms. The van der Waals surface area contributed by atoms with E-state index in [1.165, 1.54) is 0 Å². The number of nitrogens with zero attached hydrogens (tertiary/aromatic N) is 1. The van der Waals surface area contributed by atoms with Gasteiger partial charge in [-0.05, 0) is 61.4 Å². The van der Waals surface area contributed by atoms with Crippen LogP contribution in [0.5, 0.6) is 5.75 Å². The second-order valence-electron chi connectivity index (χ2n) is 8.25. The monoisotopic (exact) mass is 434 g/mol. The molecule has 2 heterocycles. The second kappa shape index (κ2) is 8.86. The summed E-state index contributed by atoms with van der Waals surface area (Å²) in [5.41, 5.74) is 2.84. The highest BCUT2D eigenvalue weighted by molar-refractivity contribution is 5.97. The van der Waals surface area contributed by atoms with Gasteiger partial charge in [-0.2, -0.15) is 0 Å². The Hall–Kier alpha value is -3.61. The highest BCUT2D eigenvalue weighted by Crippen LogP contribution is 2.31. The van der Waals surface area contributed by atoms with Gasteiger partial charge in [0, 0.05) is 24.8 Å². The summed E-state index contributed by atoms with van der Waals surface area (Å²) in [7, 11) is 0. The number of carbonyl (C=O) groups excluding carboxylic acids is 1. The van der Waals surface area contributed by atoms with Gasteiger partial charge in [0.15, 0.2) is 6.10 Å². The van der Waals surface area contributed by atoms with Gasteiger partial charge in [-0.3, -0.25) is 14.4 Å². The number of carboxylic acids is 1. The number of benzene rings is 2. The van der Waals surface area contributed by atoms with Crippen molar-refractivity contribution in [2.24, 2.45) is 5.92 Å². The smallest absolute Gasteiger partial charge is 0.306 e. The first-order chi connectivity index (χ1) is 15.3. The lowest BCUT2D eigenvalue weighted by atomic mass is 9.97. The molecular formula is C25H26N2O5. The van der Waals surface area contributed by atoms with Crippen LogP contribution in [-0.2, 0) is 9.59 Å². The van der Waals surface area contributed by atoms with Crippen LogP contribution >= 0.6 is 0 Å². The fraction of sp³-hybridized carbons (Fsp3) is 0.320. The number of pyridine rings is 1. The molecule has 1 amide bonds. The van der Waals surface area contributed by atoms with Crippen LogP contribution < -0.4 is 10.3 Å². The van der Waals surface area contributed by atoms with E-state index < -0.39 is 18.0 Å². The fourth-order valence-corrected chi connectivity index (χ4v) is 4.27. The number of hydrogen-bond donors (Lipinski definition) is 2. The SMILES string of the molecule is Cc1ccccc1-c1c[nH]c(=O)c2cc(O[C@H](C)C(=O)N3CCC(C(=O)O)CC3)ccc12. The summed E-state index contributed by atoms with van der Waals surface area (Å²) in [6.07, 6.45) is 1.87. The number of aliphatic carboxylic acids is 1. The third kappa shape index (κ3) is 4.23. The Morgan fingerprint density at radius 2 is 1.81 bits per heavy atom. The quantitative estimate of drug-likeness (QED) is 0.639. The molecule has 1 aliphatic rings. The summed E-state index contributed by atoms with van der Waals surface area (Å²) in [4.78, 5) is 40.9. The molecule has 2 aromatic carbocycles. The Bertz CT molecular complexity index is 1220. The standard InChI is InChI=1S/C25H26N2O5/c1-15-5-3-4-6-19(15)22-14-26-23(28)21-13-18(7-8-20(21)22)32-16(2)24(29)27-11-9-17(10-12-27)25(30)31/h3-8,13-14,16-17H,9-12H2,1-2H3,(H,26,28)(H,30,31)/t16-/m1/s1. The van der Waals surface area contributed by atoms with Crippen molar-refractivity contribution in [1.29, 1.82) is 0 Å². The first kappa shape index (κ1) is 21.6. The van der Waals surface area contributed by atoms with Gasteiger partial charge >= 0.3 is 5.97 Å². The van der Waals surface area contributed by atoms with Crippen LogP contribution in [0, 0.1) is 12.8 Å². The number of fused-ring (bicyclic) bond motifs is 1. The number of rotatable bonds is 5. The van der Waals surface area contributed by atoms with Crippen molar-refractivity contribution >= 4 is 22.6 Å². The van der Waals surface area contributed by atoms with Gasteiger partial charge in [0.2, 0.25) is 0 Å². The molecule has 0 saturated carbocycles. The first-order valence-electron chi connectivity index (χ1n) is 10.7. The van der Waals surface area contributed by atoms with Crippen LogP contribution in [0.4, 0.5) is 0 Å².